The van der Waals surface area contributed by atoms with E-state index in [4.69, 9.17) is 5.26 Å². The van der Waals surface area contributed by atoms with Gasteiger partial charge >= 0.3 is 0 Å². The zero-order valence-electron chi connectivity index (χ0n) is 16.0. The van der Waals surface area contributed by atoms with Crippen LogP contribution >= 0.6 is 0 Å². The normalized spacial score (nSPS) is 12.2. The van der Waals surface area contributed by atoms with Crippen molar-refractivity contribution in [2.75, 3.05) is 0 Å². The Kier molecular flexibility index (Phi) is 17.1. The molecule has 0 saturated carbocycles. The number of carbonyl (C=O) groups is 1. The highest BCUT2D eigenvalue weighted by atomic mass is 16.1. The van der Waals surface area contributed by atoms with Crippen molar-refractivity contribution in [2.24, 2.45) is 0 Å². The van der Waals surface area contributed by atoms with Gasteiger partial charge in [0.2, 0.25) is 5.91 Å². The molecule has 138 valence electrons. The molecule has 0 aromatic rings. The van der Waals surface area contributed by atoms with E-state index in [-0.39, 0.29) is 11.9 Å². The fraction of sp³-hybridized carbons (Fsp3) is 0.810. The van der Waals surface area contributed by atoms with Gasteiger partial charge in [0.25, 0.3) is 0 Å². The summed E-state index contributed by atoms with van der Waals surface area (Å²) < 4.78 is 0. The highest BCUT2D eigenvalue weighted by Gasteiger charge is 2.04. The van der Waals surface area contributed by atoms with E-state index in [1.807, 2.05) is 6.07 Å². The molecule has 0 fully saturated rings. The van der Waals surface area contributed by atoms with Crippen molar-refractivity contribution >= 4 is 5.91 Å². The average Bonchev–Trinajstić information content (AvgIpc) is 2.58. The van der Waals surface area contributed by atoms with Gasteiger partial charge in [0.15, 0.2) is 0 Å². The minimum atomic E-state index is -0.374. The highest BCUT2D eigenvalue weighted by molar-refractivity contribution is 5.76. The van der Waals surface area contributed by atoms with Gasteiger partial charge in [0.05, 0.1) is 6.07 Å². The summed E-state index contributed by atoms with van der Waals surface area (Å²) in [5, 5.41) is 11.3. The van der Waals surface area contributed by atoms with Crippen molar-refractivity contribution in [1.29, 1.82) is 5.26 Å². The van der Waals surface area contributed by atoms with E-state index in [1.165, 1.54) is 70.6 Å². The van der Waals surface area contributed by atoms with Crippen LogP contribution in [0.2, 0.25) is 0 Å². The summed E-state index contributed by atoms with van der Waals surface area (Å²) >= 11 is 0. The number of nitriles is 1. The molecule has 0 aliphatic rings. The van der Waals surface area contributed by atoms with E-state index in [1.54, 1.807) is 6.92 Å². The van der Waals surface area contributed by atoms with Gasteiger partial charge in [-0.1, -0.05) is 70.4 Å². The lowest BCUT2D eigenvalue weighted by Crippen LogP contribution is -2.30. The van der Waals surface area contributed by atoms with Crippen LogP contribution in [0.15, 0.2) is 12.2 Å². The van der Waals surface area contributed by atoms with Crippen LogP contribution < -0.4 is 5.32 Å². The first-order valence-corrected chi connectivity index (χ1v) is 10.0. The Morgan fingerprint density at radius 3 is 1.96 bits per heavy atom. The number of rotatable bonds is 16. The molecular weight excluding hydrogens is 296 g/mol. The number of hydrogen-bond acceptors (Lipinski definition) is 2. The van der Waals surface area contributed by atoms with Gasteiger partial charge in [0, 0.05) is 6.42 Å². The topological polar surface area (TPSA) is 52.9 Å². The van der Waals surface area contributed by atoms with Crippen LogP contribution in [0.25, 0.3) is 0 Å². The third-order valence-electron chi connectivity index (χ3n) is 4.24. The zero-order valence-corrected chi connectivity index (χ0v) is 16.0. The minimum absolute atomic E-state index is 0.00155. The van der Waals surface area contributed by atoms with Crippen molar-refractivity contribution in [3.8, 4) is 6.07 Å². The van der Waals surface area contributed by atoms with Gasteiger partial charge in [-0.25, -0.2) is 0 Å². The van der Waals surface area contributed by atoms with Gasteiger partial charge in [-0.05, 0) is 39.0 Å². The SMILES string of the molecule is CCCCCCCCC=CCCCCCCCC(=O)N[C@@H](C)C#N. The fourth-order valence-electron chi connectivity index (χ4n) is 2.70. The van der Waals surface area contributed by atoms with Gasteiger partial charge in [-0.2, -0.15) is 5.26 Å². The van der Waals surface area contributed by atoms with Gasteiger partial charge < -0.3 is 5.32 Å². The maximum Gasteiger partial charge on any atom is 0.221 e. The number of nitrogens with zero attached hydrogens (tertiary/aromatic N) is 1. The molecule has 0 aromatic carbocycles. The van der Waals surface area contributed by atoms with Crippen molar-refractivity contribution in [3.05, 3.63) is 12.2 Å². The average molecular weight is 335 g/mol. The van der Waals surface area contributed by atoms with Crippen LogP contribution in [0.5, 0.6) is 0 Å². The summed E-state index contributed by atoms with van der Waals surface area (Å²) in [4.78, 5) is 11.5. The first-order chi connectivity index (χ1) is 11.7. The molecule has 0 aliphatic carbocycles. The summed E-state index contributed by atoms with van der Waals surface area (Å²) in [7, 11) is 0. The summed E-state index contributed by atoms with van der Waals surface area (Å²) in [6.07, 6.45) is 21.6. The summed E-state index contributed by atoms with van der Waals surface area (Å²) in [6.45, 7) is 3.97. The molecular formula is C21H38N2O. The van der Waals surface area contributed by atoms with E-state index < -0.39 is 0 Å². The summed E-state index contributed by atoms with van der Waals surface area (Å²) in [6, 6.07) is 1.64. The highest BCUT2D eigenvalue weighted by Crippen LogP contribution is 2.09. The van der Waals surface area contributed by atoms with Gasteiger partial charge in [-0.15, -0.1) is 0 Å². The van der Waals surface area contributed by atoms with Crippen LogP contribution in [-0.2, 0) is 4.79 Å². The van der Waals surface area contributed by atoms with Crippen LogP contribution in [0.1, 0.15) is 104 Å². The molecule has 0 heterocycles. The van der Waals surface area contributed by atoms with Crippen LogP contribution in [0.3, 0.4) is 0 Å². The number of allylic oxidation sites excluding steroid dienone is 2. The number of carbonyl (C=O) groups excluding carboxylic acids is 1. The smallest absolute Gasteiger partial charge is 0.221 e. The molecule has 3 heteroatoms. The Labute approximate surface area is 149 Å². The van der Waals surface area contributed by atoms with Crippen molar-refractivity contribution in [3.63, 3.8) is 0 Å². The number of nitrogens with one attached hydrogen (secondary N) is 1. The molecule has 1 amide bonds. The fourth-order valence-corrected chi connectivity index (χ4v) is 2.70. The van der Waals surface area contributed by atoms with E-state index in [9.17, 15) is 4.79 Å². The predicted octanol–water partition coefficient (Wildman–Crippen LogP) is 6.05. The van der Waals surface area contributed by atoms with Gasteiger partial charge in [0.1, 0.15) is 6.04 Å². The van der Waals surface area contributed by atoms with E-state index in [0.717, 1.165) is 12.8 Å². The molecule has 24 heavy (non-hydrogen) atoms. The monoisotopic (exact) mass is 334 g/mol. The Balaban J connectivity index is 3.23. The lowest BCUT2D eigenvalue weighted by Gasteiger charge is -2.05. The molecule has 0 aromatic heterocycles. The van der Waals surface area contributed by atoms with Crippen molar-refractivity contribution < 1.29 is 4.79 Å². The van der Waals surface area contributed by atoms with E-state index in [2.05, 4.69) is 24.4 Å². The number of amides is 1. The second kappa shape index (κ2) is 18.0. The lowest BCUT2D eigenvalue weighted by molar-refractivity contribution is -0.121. The maximum absolute atomic E-state index is 11.5. The molecule has 0 rings (SSSR count). The van der Waals surface area contributed by atoms with E-state index >= 15 is 0 Å². The van der Waals surface area contributed by atoms with Crippen LogP contribution in [-0.4, -0.2) is 11.9 Å². The number of unbranched alkanes of at least 4 members (excludes halogenated alkanes) is 11. The Morgan fingerprint density at radius 2 is 1.42 bits per heavy atom. The Bertz CT molecular complexity index is 357. The first kappa shape index (κ1) is 22.7. The van der Waals surface area contributed by atoms with Crippen LogP contribution in [0.4, 0.5) is 0 Å². The standard InChI is InChI=1S/C21H38N2O/c1-3-4-5-6-7-8-9-10-11-12-13-14-15-16-17-18-21(24)23-20(2)19-22/h10-11,20H,3-9,12-18H2,1-2H3,(H,23,24)/t20-/m0/s1. The molecule has 0 unspecified atom stereocenters. The predicted molar refractivity (Wildman–Crippen MR) is 103 cm³/mol. The summed E-state index contributed by atoms with van der Waals surface area (Å²) in [5.74, 6) is 0.00155. The largest absolute Gasteiger partial charge is 0.341 e. The van der Waals surface area contributed by atoms with Crippen molar-refractivity contribution in [2.45, 2.75) is 110 Å². The summed E-state index contributed by atoms with van der Waals surface area (Å²) in [5.41, 5.74) is 0. The lowest BCUT2D eigenvalue weighted by atomic mass is 10.1. The molecule has 1 N–H and O–H groups in total. The molecule has 0 spiro atoms. The van der Waals surface area contributed by atoms with Gasteiger partial charge in [-0.3, -0.25) is 4.79 Å². The molecule has 3 nitrogen and oxygen atoms in total. The number of hydrogen-bond donors (Lipinski definition) is 1. The molecule has 0 radical (unpaired) electrons. The third-order valence-corrected chi connectivity index (χ3v) is 4.24. The minimum Gasteiger partial charge on any atom is -0.341 e. The Hall–Kier alpha value is -1.30. The maximum atomic E-state index is 11.5. The Morgan fingerprint density at radius 1 is 0.917 bits per heavy atom. The van der Waals surface area contributed by atoms with E-state index in [0.29, 0.717) is 6.42 Å². The molecule has 0 bridgehead atoms. The molecule has 0 aliphatic heterocycles. The second-order valence-corrected chi connectivity index (χ2v) is 6.75. The molecule has 0 saturated heterocycles. The zero-order chi connectivity index (χ0) is 17.9. The second-order valence-electron chi connectivity index (χ2n) is 6.75. The van der Waals surface area contributed by atoms with Crippen molar-refractivity contribution in [1.82, 2.24) is 5.32 Å². The molecule has 1 atom stereocenters. The first-order valence-electron chi connectivity index (χ1n) is 10.0. The third kappa shape index (κ3) is 17.1. The quantitative estimate of drug-likeness (QED) is 0.276. The van der Waals surface area contributed by atoms with Crippen LogP contribution in [0, 0.1) is 11.3 Å².